The van der Waals surface area contributed by atoms with Crippen LogP contribution in [0.25, 0.3) is 0 Å². The Morgan fingerprint density at radius 2 is 2.33 bits per heavy atom. The molecule has 2 unspecified atom stereocenters. The molecule has 1 saturated heterocycles. The highest BCUT2D eigenvalue weighted by molar-refractivity contribution is 7.98. The van der Waals surface area contributed by atoms with Gasteiger partial charge in [0.25, 0.3) is 0 Å². The lowest BCUT2D eigenvalue weighted by atomic mass is 10.2. The third kappa shape index (κ3) is 4.38. The molecule has 0 bridgehead atoms. The number of nitrogens with zero attached hydrogens (tertiary/aromatic N) is 1. The fourth-order valence-electron chi connectivity index (χ4n) is 1.84. The van der Waals surface area contributed by atoms with Crippen molar-refractivity contribution < 1.29 is 19.4 Å². The highest BCUT2D eigenvalue weighted by atomic mass is 32.2. The third-order valence-corrected chi connectivity index (χ3v) is 3.62. The fourth-order valence-corrected chi connectivity index (χ4v) is 2.31. The SMILES string of the molecule is COC1CCN(C(=O)NC(CCSC)C(=O)O)C1. The summed E-state index contributed by atoms with van der Waals surface area (Å²) in [5.74, 6) is -0.280. The number of methoxy groups -OCH3 is 1. The van der Waals surface area contributed by atoms with E-state index < -0.39 is 12.0 Å². The maximum atomic E-state index is 11.9. The van der Waals surface area contributed by atoms with Crippen LogP contribution in [0.3, 0.4) is 0 Å². The summed E-state index contributed by atoms with van der Waals surface area (Å²) in [4.78, 5) is 24.5. The quantitative estimate of drug-likeness (QED) is 0.743. The molecule has 18 heavy (non-hydrogen) atoms. The summed E-state index contributed by atoms with van der Waals surface area (Å²) in [5, 5.41) is 11.6. The molecule has 0 aliphatic carbocycles. The normalized spacial score (nSPS) is 20.8. The topological polar surface area (TPSA) is 78.9 Å². The van der Waals surface area contributed by atoms with E-state index in [1.165, 1.54) is 0 Å². The Hall–Kier alpha value is -0.950. The Kier molecular flexibility index (Phi) is 6.28. The van der Waals surface area contributed by atoms with Gasteiger partial charge in [-0.05, 0) is 24.9 Å². The third-order valence-electron chi connectivity index (χ3n) is 2.97. The van der Waals surface area contributed by atoms with Gasteiger partial charge in [-0.25, -0.2) is 9.59 Å². The first-order chi connectivity index (χ1) is 8.58. The summed E-state index contributed by atoms with van der Waals surface area (Å²) < 4.78 is 5.17. The number of thioether (sulfide) groups is 1. The van der Waals surface area contributed by atoms with Gasteiger partial charge < -0.3 is 20.1 Å². The minimum atomic E-state index is -0.986. The standard InChI is InChI=1S/C11H20N2O4S/c1-17-8-3-5-13(7-8)11(16)12-9(10(14)15)4-6-18-2/h8-9H,3-7H2,1-2H3,(H,12,16)(H,14,15). The highest BCUT2D eigenvalue weighted by Crippen LogP contribution is 2.12. The summed E-state index contributed by atoms with van der Waals surface area (Å²) in [6, 6.07) is -1.13. The number of nitrogens with one attached hydrogen (secondary N) is 1. The van der Waals surface area contributed by atoms with Crippen LogP contribution in [-0.2, 0) is 9.53 Å². The summed E-state index contributed by atoms with van der Waals surface area (Å²) in [6.45, 7) is 1.14. The number of ether oxygens (including phenoxy) is 1. The Bertz CT molecular complexity index is 301. The molecule has 0 aromatic heterocycles. The summed E-state index contributed by atoms with van der Waals surface area (Å²) in [5.41, 5.74) is 0. The van der Waals surface area contributed by atoms with Crippen LogP contribution in [0, 0.1) is 0 Å². The van der Waals surface area contributed by atoms with Crippen molar-refractivity contribution in [2.75, 3.05) is 32.2 Å². The van der Waals surface area contributed by atoms with Crippen LogP contribution in [0.1, 0.15) is 12.8 Å². The minimum absolute atomic E-state index is 0.0604. The number of rotatable bonds is 6. The highest BCUT2D eigenvalue weighted by Gasteiger charge is 2.28. The number of hydrogen-bond donors (Lipinski definition) is 2. The van der Waals surface area contributed by atoms with E-state index in [4.69, 9.17) is 9.84 Å². The van der Waals surface area contributed by atoms with E-state index in [0.717, 1.165) is 6.42 Å². The zero-order chi connectivity index (χ0) is 13.5. The van der Waals surface area contributed by atoms with Gasteiger partial charge in [-0.15, -0.1) is 0 Å². The van der Waals surface area contributed by atoms with Crippen molar-refractivity contribution in [2.45, 2.75) is 25.0 Å². The number of hydrogen-bond acceptors (Lipinski definition) is 4. The number of amides is 2. The van der Waals surface area contributed by atoms with E-state index in [2.05, 4.69) is 5.32 Å². The molecule has 0 saturated carbocycles. The molecule has 104 valence electrons. The van der Waals surface area contributed by atoms with E-state index in [1.807, 2.05) is 6.26 Å². The molecular formula is C11H20N2O4S. The van der Waals surface area contributed by atoms with Crippen molar-refractivity contribution in [1.82, 2.24) is 10.2 Å². The van der Waals surface area contributed by atoms with E-state index in [1.54, 1.807) is 23.8 Å². The number of carboxylic acids is 1. The Balaban J connectivity index is 2.43. The van der Waals surface area contributed by atoms with Crippen LogP contribution in [0.15, 0.2) is 0 Å². The smallest absolute Gasteiger partial charge is 0.326 e. The largest absolute Gasteiger partial charge is 0.480 e. The molecule has 0 spiro atoms. The van der Waals surface area contributed by atoms with Gasteiger partial charge >= 0.3 is 12.0 Å². The average molecular weight is 276 g/mol. The Morgan fingerprint density at radius 1 is 1.61 bits per heavy atom. The first-order valence-corrected chi connectivity index (χ1v) is 7.27. The molecule has 6 nitrogen and oxygen atoms in total. The fraction of sp³-hybridized carbons (Fsp3) is 0.818. The zero-order valence-electron chi connectivity index (χ0n) is 10.7. The Morgan fingerprint density at radius 3 is 2.83 bits per heavy atom. The molecule has 0 aromatic rings. The van der Waals surface area contributed by atoms with Crippen LogP contribution in [0.2, 0.25) is 0 Å². The molecule has 1 aliphatic heterocycles. The van der Waals surface area contributed by atoms with Crippen LogP contribution >= 0.6 is 11.8 Å². The van der Waals surface area contributed by atoms with Crippen LogP contribution in [0.5, 0.6) is 0 Å². The average Bonchev–Trinajstić information content (AvgIpc) is 2.82. The van der Waals surface area contributed by atoms with Gasteiger partial charge in [0.2, 0.25) is 0 Å². The number of aliphatic carboxylic acids is 1. The molecule has 1 fully saturated rings. The number of carboxylic acid groups (broad SMARTS) is 1. The van der Waals surface area contributed by atoms with E-state index in [9.17, 15) is 9.59 Å². The van der Waals surface area contributed by atoms with E-state index in [-0.39, 0.29) is 12.1 Å². The van der Waals surface area contributed by atoms with Gasteiger partial charge in [-0.1, -0.05) is 0 Å². The molecule has 1 rings (SSSR count). The van der Waals surface area contributed by atoms with Crippen molar-refractivity contribution in [3.05, 3.63) is 0 Å². The van der Waals surface area contributed by atoms with Crippen molar-refractivity contribution in [1.29, 1.82) is 0 Å². The van der Waals surface area contributed by atoms with Gasteiger partial charge in [-0.2, -0.15) is 11.8 Å². The Labute approximate surface area is 111 Å². The number of carbonyl (C=O) groups is 2. The molecule has 7 heteroatoms. The predicted octanol–water partition coefficient (Wildman–Crippen LogP) is 0.623. The zero-order valence-corrected chi connectivity index (χ0v) is 11.5. The summed E-state index contributed by atoms with van der Waals surface area (Å²) in [6.07, 6.45) is 3.20. The maximum Gasteiger partial charge on any atom is 0.326 e. The maximum absolute atomic E-state index is 11.9. The molecular weight excluding hydrogens is 256 g/mol. The van der Waals surface area contributed by atoms with E-state index in [0.29, 0.717) is 25.3 Å². The summed E-state index contributed by atoms with van der Waals surface area (Å²) in [7, 11) is 1.62. The predicted molar refractivity (Wildman–Crippen MR) is 69.9 cm³/mol. The number of likely N-dealkylation sites (tertiary alicyclic amines) is 1. The molecule has 2 atom stereocenters. The van der Waals surface area contributed by atoms with Crippen LogP contribution in [0.4, 0.5) is 4.79 Å². The molecule has 1 aliphatic rings. The molecule has 2 N–H and O–H groups in total. The van der Waals surface area contributed by atoms with Gasteiger partial charge in [0.05, 0.1) is 6.10 Å². The van der Waals surface area contributed by atoms with Crippen molar-refractivity contribution in [3.8, 4) is 0 Å². The number of urea groups is 1. The van der Waals surface area contributed by atoms with Crippen molar-refractivity contribution >= 4 is 23.8 Å². The lowest BCUT2D eigenvalue weighted by Gasteiger charge is -2.20. The minimum Gasteiger partial charge on any atom is -0.480 e. The first kappa shape index (κ1) is 15.1. The van der Waals surface area contributed by atoms with Gasteiger partial charge in [0.15, 0.2) is 0 Å². The second-order valence-electron chi connectivity index (χ2n) is 4.21. The van der Waals surface area contributed by atoms with Gasteiger partial charge in [0.1, 0.15) is 6.04 Å². The monoisotopic (exact) mass is 276 g/mol. The van der Waals surface area contributed by atoms with Crippen molar-refractivity contribution in [3.63, 3.8) is 0 Å². The molecule has 2 amide bonds. The van der Waals surface area contributed by atoms with Gasteiger partial charge in [0, 0.05) is 20.2 Å². The van der Waals surface area contributed by atoms with E-state index >= 15 is 0 Å². The molecule has 0 aromatic carbocycles. The molecule has 1 heterocycles. The lowest BCUT2D eigenvalue weighted by Crippen LogP contribution is -2.47. The first-order valence-electron chi connectivity index (χ1n) is 5.88. The lowest BCUT2D eigenvalue weighted by molar-refractivity contribution is -0.139. The van der Waals surface area contributed by atoms with Crippen LogP contribution < -0.4 is 5.32 Å². The second kappa shape index (κ2) is 7.48. The van der Waals surface area contributed by atoms with Crippen LogP contribution in [-0.4, -0.2) is 66.4 Å². The summed E-state index contributed by atoms with van der Waals surface area (Å²) >= 11 is 1.56. The molecule has 0 radical (unpaired) electrons. The van der Waals surface area contributed by atoms with Crippen molar-refractivity contribution in [2.24, 2.45) is 0 Å². The second-order valence-corrected chi connectivity index (χ2v) is 5.20. The van der Waals surface area contributed by atoms with Gasteiger partial charge in [-0.3, -0.25) is 0 Å². The number of carbonyl (C=O) groups excluding carboxylic acids is 1.